The highest BCUT2D eigenvalue weighted by atomic mass is 15.1. The third-order valence-electron chi connectivity index (χ3n) is 3.72. The molecule has 1 unspecified atom stereocenters. The van der Waals surface area contributed by atoms with Crippen LogP contribution in [0.5, 0.6) is 0 Å². The van der Waals surface area contributed by atoms with Gasteiger partial charge in [-0.1, -0.05) is 27.2 Å². The Hall–Kier alpha value is -0.0800. The van der Waals surface area contributed by atoms with Gasteiger partial charge in [-0.25, -0.2) is 0 Å². The van der Waals surface area contributed by atoms with Gasteiger partial charge in [0.1, 0.15) is 0 Å². The van der Waals surface area contributed by atoms with Crippen LogP contribution in [0.2, 0.25) is 0 Å². The molecule has 0 aromatic carbocycles. The Labute approximate surface area is 95.2 Å². The molecule has 0 aliphatic carbocycles. The molecule has 0 aromatic rings. The minimum atomic E-state index is 0.284. The van der Waals surface area contributed by atoms with Gasteiger partial charge in [0.2, 0.25) is 0 Å². The average Bonchev–Trinajstić information content (AvgIpc) is 2.43. The summed E-state index contributed by atoms with van der Waals surface area (Å²) in [4.78, 5) is 2.61. The standard InChI is InChI=1S/C13H28N2/c1-4-12-6-5-8-15(9-7-12)11-13(2,3)10-14/h12H,4-11,14H2,1-3H3. The van der Waals surface area contributed by atoms with E-state index in [1.165, 1.54) is 45.3 Å². The van der Waals surface area contributed by atoms with E-state index in [1.807, 2.05) is 0 Å². The van der Waals surface area contributed by atoms with Crippen molar-refractivity contribution in [2.75, 3.05) is 26.2 Å². The van der Waals surface area contributed by atoms with Crippen LogP contribution in [0.3, 0.4) is 0 Å². The molecule has 15 heavy (non-hydrogen) atoms. The molecule has 0 aromatic heterocycles. The van der Waals surface area contributed by atoms with Crippen LogP contribution in [0.25, 0.3) is 0 Å². The summed E-state index contributed by atoms with van der Waals surface area (Å²) < 4.78 is 0. The van der Waals surface area contributed by atoms with E-state index in [1.54, 1.807) is 0 Å². The first-order valence-electron chi connectivity index (χ1n) is 6.50. The number of nitrogens with two attached hydrogens (primary N) is 1. The molecule has 0 saturated carbocycles. The van der Waals surface area contributed by atoms with Gasteiger partial charge in [0, 0.05) is 6.54 Å². The van der Waals surface area contributed by atoms with Crippen LogP contribution in [0.1, 0.15) is 46.5 Å². The van der Waals surface area contributed by atoms with Crippen LogP contribution in [-0.4, -0.2) is 31.1 Å². The molecular weight excluding hydrogens is 184 g/mol. The summed E-state index contributed by atoms with van der Waals surface area (Å²) in [5, 5.41) is 0. The zero-order valence-electron chi connectivity index (χ0n) is 10.8. The molecule has 1 atom stereocenters. The minimum absolute atomic E-state index is 0.284. The highest BCUT2D eigenvalue weighted by Gasteiger charge is 2.22. The second-order valence-electron chi connectivity index (χ2n) is 5.85. The third-order valence-corrected chi connectivity index (χ3v) is 3.72. The van der Waals surface area contributed by atoms with E-state index in [-0.39, 0.29) is 5.41 Å². The lowest BCUT2D eigenvalue weighted by Gasteiger charge is -2.30. The molecule has 1 aliphatic rings. The molecule has 1 fully saturated rings. The fourth-order valence-electron chi connectivity index (χ4n) is 2.46. The topological polar surface area (TPSA) is 29.3 Å². The Balaban J connectivity index is 2.37. The van der Waals surface area contributed by atoms with Crippen LogP contribution >= 0.6 is 0 Å². The molecule has 1 aliphatic heterocycles. The van der Waals surface area contributed by atoms with Crippen LogP contribution in [0.15, 0.2) is 0 Å². The number of likely N-dealkylation sites (tertiary alicyclic amines) is 1. The van der Waals surface area contributed by atoms with Gasteiger partial charge in [0.15, 0.2) is 0 Å². The Morgan fingerprint density at radius 2 is 2.00 bits per heavy atom. The molecule has 0 amide bonds. The SMILES string of the molecule is CCC1CCCN(CC(C)(C)CN)CC1. The molecule has 90 valence electrons. The molecule has 0 radical (unpaired) electrons. The predicted molar refractivity (Wildman–Crippen MR) is 66.9 cm³/mol. The molecule has 1 saturated heterocycles. The number of rotatable bonds is 4. The van der Waals surface area contributed by atoms with Crippen LogP contribution < -0.4 is 5.73 Å². The van der Waals surface area contributed by atoms with Crippen molar-refractivity contribution in [3.8, 4) is 0 Å². The molecule has 2 nitrogen and oxygen atoms in total. The molecular formula is C13H28N2. The number of hydrogen-bond acceptors (Lipinski definition) is 2. The summed E-state index contributed by atoms with van der Waals surface area (Å²) in [7, 11) is 0. The summed E-state index contributed by atoms with van der Waals surface area (Å²) in [5.74, 6) is 0.969. The number of hydrogen-bond donors (Lipinski definition) is 1. The smallest absolute Gasteiger partial charge is 0.00447 e. The van der Waals surface area contributed by atoms with Crippen molar-refractivity contribution in [3.63, 3.8) is 0 Å². The highest BCUT2D eigenvalue weighted by molar-refractivity contribution is 4.77. The van der Waals surface area contributed by atoms with Gasteiger partial charge in [-0.15, -0.1) is 0 Å². The maximum atomic E-state index is 5.79. The van der Waals surface area contributed by atoms with Crippen LogP contribution in [0, 0.1) is 11.3 Å². The van der Waals surface area contributed by atoms with Crippen LogP contribution in [-0.2, 0) is 0 Å². The Bertz CT molecular complexity index is 177. The molecule has 0 bridgehead atoms. The van der Waals surface area contributed by atoms with Crippen LogP contribution in [0.4, 0.5) is 0 Å². The van der Waals surface area contributed by atoms with Crippen molar-refractivity contribution < 1.29 is 0 Å². The van der Waals surface area contributed by atoms with Gasteiger partial charge in [0.25, 0.3) is 0 Å². The van der Waals surface area contributed by atoms with Crippen molar-refractivity contribution in [2.45, 2.75) is 46.5 Å². The monoisotopic (exact) mass is 212 g/mol. The Kier molecular flexibility index (Phi) is 5.07. The predicted octanol–water partition coefficient (Wildman–Crippen LogP) is 2.48. The maximum Gasteiger partial charge on any atom is 0.00447 e. The number of nitrogens with zero attached hydrogens (tertiary/aromatic N) is 1. The lowest BCUT2D eigenvalue weighted by Crippen LogP contribution is -2.39. The molecule has 1 rings (SSSR count). The zero-order valence-corrected chi connectivity index (χ0v) is 10.8. The molecule has 0 spiro atoms. The average molecular weight is 212 g/mol. The van der Waals surface area contributed by atoms with E-state index >= 15 is 0 Å². The lowest BCUT2D eigenvalue weighted by molar-refractivity contribution is 0.186. The van der Waals surface area contributed by atoms with Gasteiger partial charge in [-0.2, -0.15) is 0 Å². The largest absolute Gasteiger partial charge is 0.330 e. The first-order chi connectivity index (χ1) is 7.07. The molecule has 2 heteroatoms. The Morgan fingerprint density at radius 3 is 2.60 bits per heavy atom. The van der Waals surface area contributed by atoms with Crippen molar-refractivity contribution in [2.24, 2.45) is 17.1 Å². The summed E-state index contributed by atoms with van der Waals surface area (Å²) in [6.45, 7) is 11.4. The van der Waals surface area contributed by atoms with E-state index in [0.717, 1.165) is 12.5 Å². The lowest BCUT2D eigenvalue weighted by atomic mass is 9.93. The quantitative estimate of drug-likeness (QED) is 0.776. The maximum absolute atomic E-state index is 5.79. The molecule has 2 N–H and O–H groups in total. The first-order valence-corrected chi connectivity index (χ1v) is 6.50. The second kappa shape index (κ2) is 5.86. The van der Waals surface area contributed by atoms with Crippen molar-refractivity contribution in [1.82, 2.24) is 4.90 Å². The van der Waals surface area contributed by atoms with Gasteiger partial charge < -0.3 is 10.6 Å². The highest BCUT2D eigenvalue weighted by Crippen LogP contribution is 2.23. The molecule has 1 heterocycles. The fraction of sp³-hybridized carbons (Fsp3) is 1.00. The van der Waals surface area contributed by atoms with Gasteiger partial charge in [-0.3, -0.25) is 0 Å². The summed E-state index contributed by atoms with van der Waals surface area (Å²) in [6, 6.07) is 0. The summed E-state index contributed by atoms with van der Waals surface area (Å²) in [6.07, 6.45) is 5.54. The summed E-state index contributed by atoms with van der Waals surface area (Å²) in [5.41, 5.74) is 6.07. The zero-order chi connectivity index (χ0) is 11.3. The Morgan fingerprint density at radius 1 is 1.27 bits per heavy atom. The van der Waals surface area contributed by atoms with E-state index < -0.39 is 0 Å². The second-order valence-corrected chi connectivity index (χ2v) is 5.85. The normalized spacial score (nSPS) is 25.2. The first kappa shape index (κ1) is 13.0. The van der Waals surface area contributed by atoms with Crippen molar-refractivity contribution >= 4 is 0 Å². The minimum Gasteiger partial charge on any atom is -0.330 e. The van der Waals surface area contributed by atoms with Gasteiger partial charge >= 0.3 is 0 Å². The van der Waals surface area contributed by atoms with Gasteiger partial charge in [-0.05, 0) is 50.2 Å². The third kappa shape index (κ3) is 4.52. The van der Waals surface area contributed by atoms with Crippen molar-refractivity contribution in [1.29, 1.82) is 0 Å². The fourth-order valence-corrected chi connectivity index (χ4v) is 2.46. The van der Waals surface area contributed by atoms with Gasteiger partial charge in [0.05, 0.1) is 0 Å². The van der Waals surface area contributed by atoms with E-state index in [4.69, 9.17) is 5.73 Å². The van der Waals surface area contributed by atoms with E-state index in [0.29, 0.717) is 0 Å². The van der Waals surface area contributed by atoms with Crippen molar-refractivity contribution in [3.05, 3.63) is 0 Å². The van der Waals surface area contributed by atoms with E-state index in [2.05, 4.69) is 25.7 Å². The summed E-state index contributed by atoms with van der Waals surface area (Å²) >= 11 is 0. The van der Waals surface area contributed by atoms with E-state index in [9.17, 15) is 0 Å².